The minimum absolute atomic E-state index is 0.500. The molecule has 0 bridgehead atoms. The van der Waals surface area contributed by atoms with E-state index in [0.29, 0.717) is 0 Å². The summed E-state index contributed by atoms with van der Waals surface area (Å²) in [5, 5.41) is 7.56. The molecule has 0 fully saturated rings. The molecule has 1 aliphatic carbocycles. The third kappa shape index (κ3) is 5.99. The summed E-state index contributed by atoms with van der Waals surface area (Å²) in [7, 11) is 0. The fourth-order valence-electron chi connectivity index (χ4n) is 10.7. The predicted molar refractivity (Wildman–Crippen MR) is 277 cm³/mol. The van der Waals surface area contributed by atoms with E-state index in [-0.39, 0.29) is 0 Å². The Bertz CT molecular complexity index is 3730. The molecule has 0 aliphatic heterocycles. The van der Waals surface area contributed by atoms with Gasteiger partial charge >= 0.3 is 0 Å². The summed E-state index contributed by atoms with van der Waals surface area (Å²) in [6, 6.07) is 92.2. The largest absolute Gasteiger partial charge is 0.310 e. The van der Waals surface area contributed by atoms with Crippen molar-refractivity contribution in [3.05, 3.63) is 271 Å². The molecule has 65 heavy (non-hydrogen) atoms. The van der Waals surface area contributed by atoms with E-state index < -0.39 is 5.41 Å². The van der Waals surface area contributed by atoms with Crippen molar-refractivity contribution < 1.29 is 0 Å². The molecule has 0 saturated heterocycles. The number of hydrogen-bond acceptors (Lipinski definition) is 2. The van der Waals surface area contributed by atoms with Crippen molar-refractivity contribution in [2.24, 2.45) is 0 Å². The number of fused-ring (bicyclic) bond motifs is 8. The maximum atomic E-state index is 2.49. The molecule has 0 radical (unpaired) electrons. The van der Waals surface area contributed by atoms with Crippen LogP contribution >= 0.6 is 11.3 Å². The fourth-order valence-corrected chi connectivity index (χ4v) is 11.8. The highest BCUT2D eigenvalue weighted by Crippen LogP contribution is 2.59. The molecule has 13 rings (SSSR count). The molecule has 0 unspecified atom stereocenters. The van der Waals surface area contributed by atoms with Crippen molar-refractivity contribution in [1.82, 2.24) is 0 Å². The van der Waals surface area contributed by atoms with Gasteiger partial charge in [0.1, 0.15) is 0 Å². The zero-order valence-electron chi connectivity index (χ0n) is 35.5. The lowest BCUT2D eigenvalue weighted by Gasteiger charge is -2.34. The van der Waals surface area contributed by atoms with Crippen LogP contribution in [-0.4, -0.2) is 0 Å². The van der Waals surface area contributed by atoms with Crippen LogP contribution in [0.4, 0.5) is 17.1 Å². The van der Waals surface area contributed by atoms with Gasteiger partial charge in [0.15, 0.2) is 0 Å². The van der Waals surface area contributed by atoms with Crippen molar-refractivity contribution >= 4 is 70.1 Å². The van der Waals surface area contributed by atoms with E-state index in [4.69, 9.17) is 0 Å². The van der Waals surface area contributed by atoms with E-state index in [1.54, 1.807) is 0 Å². The Morgan fingerprint density at radius 3 is 1.57 bits per heavy atom. The number of hydrogen-bond donors (Lipinski definition) is 0. The van der Waals surface area contributed by atoms with Gasteiger partial charge in [-0.3, -0.25) is 0 Å². The molecule has 0 spiro atoms. The zero-order valence-corrected chi connectivity index (χ0v) is 36.3. The Balaban J connectivity index is 0.965. The van der Waals surface area contributed by atoms with E-state index >= 15 is 0 Å². The van der Waals surface area contributed by atoms with Crippen LogP contribution in [0, 0.1) is 0 Å². The molecular weight excluding hydrogens is 803 g/mol. The monoisotopic (exact) mass is 843 g/mol. The number of thiophene rings is 1. The SMILES string of the molecule is c1ccc(C2(c3ccccc3)c3ccccc3-c3c(N(c4ccc(-c5ccc6cc(-c7ccc8ccccc8c7)ccc6c5)cc4)c4ccc5sc6ccccc6c5c4)cccc32)cc1. The van der Waals surface area contributed by atoms with Gasteiger partial charge < -0.3 is 4.90 Å². The highest BCUT2D eigenvalue weighted by atomic mass is 32.1. The molecule has 2 heteroatoms. The summed E-state index contributed by atoms with van der Waals surface area (Å²) in [5.74, 6) is 0. The molecule has 304 valence electrons. The third-order valence-corrected chi connectivity index (χ3v) is 14.9. The summed E-state index contributed by atoms with van der Waals surface area (Å²) < 4.78 is 2.60. The number of anilines is 3. The zero-order chi connectivity index (χ0) is 42.9. The summed E-state index contributed by atoms with van der Waals surface area (Å²) in [5.41, 5.74) is 15.4. The first kappa shape index (κ1) is 37.5. The lowest BCUT2D eigenvalue weighted by molar-refractivity contribution is 0.768. The van der Waals surface area contributed by atoms with Crippen molar-refractivity contribution in [2.75, 3.05) is 4.90 Å². The molecule has 12 aromatic rings. The average molecular weight is 844 g/mol. The molecule has 0 saturated carbocycles. The van der Waals surface area contributed by atoms with Crippen molar-refractivity contribution in [1.29, 1.82) is 0 Å². The average Bonchev–Trinajstić information content (AvgIpc) is 3.91. The number of rotatable bonds is 7. The van der Waals surface area contributed by atoms with Crippen LogP contribution in [0.5, 0.6) is 0 Å². The minimum Gasteiger partial charge on any atom is -0.310 e. The van der Waals surface area contributed by atoms with Gasteiger partial charge in [0, 0.05) is 37.1 Å². The Morgan fingerprint density at radius 2 is 0.846 bits per heavy atom. The predicted octanol–water partition coefficient (Wildman–Crippen LogP) is 17.5. The highest BCUT2D eigenvalue weighted by molar-refractivity contribution is 7.25. The standard InChI is InChI=1S/C63H41NS/c1-3-16-50(17-4-1)63(51-18-5-2-6-19-51)57-22-11-9-21-55(57)62-58(63)23-13-24-59(62)64(53-36-37-61-56(41-53)54-20-10-12-25-60(54)65-61)52-34-32-43(33-35-52)45-28-29-48-40-49(31-30-47(48)39-45)46-27-26-42-14-7-8-15-44(42)38-46/h1-41H. The Labute approximate surface area is 382 Å². The van der Waals surface area contributed by atoms with E-state index in [1.807, 2.05) is 11.3 Å². The van der Waals surface area contributed by atoms with Gasteiger partial charge in [-0.25, -0.2) is 0 Å². The molecule has 1 aliphatic rings. The van der Waals surface area contributed by atoms with Gasteiger partial charge in [-0.1, -0.05) is 188 Å². The van der Waals surface area contributed by atoms with E-state index in [2.05, 4.69) is 254 Å². The summed E-state index contributed by atoms with van der Waals surface area (Å²) in [4.78, 5) is 2.49. The fraction of sp³-hybridized carbons (Fsp3) is 0.0159. The van der Waals surface area contributed by atoms with Gasteiger partial charge in [0.2, 0.25) is 0 Å². The molecule has 0 atom stereocenters. The molecule has 11 aromatic carbocycles. The van der Waals surface area contributed by atoms with Crippen LogP contribution in [0.2, 0.25) is 0 Å². The normalized spacial score (nSPS) is 12.7. The van der Waals surface area contributed by atoms with Crippen molar-refractivity contribution in [3.8, 4) is 33.4 Å². The van der Waals surface area contributed by atoms with Crippen LogP contribution < -0.4 is 4.90 Å². The third-order valence-electron chi connectivity index (χ3n) is 13.7. The number of benzene rings is 11. The van der Waals surface area contributed by atoms with Gasteiger partial charge in [-0.05, 0) is 132 Å². The molecular formula is C63H41NS. The lowest BCUT2D eigenvalue weighted by Crippen LogP contribution is -2.28. The quantitative estimate of drug-likeness (QED) is 0.154. The Kier molecular flexibility index (Phi) is 8.69. The molecule has 1 nitrogen and oxygen atoms in total. The van der Waals surface area contributed by atoms with Gasteiger partial charge in [-0.15, -0.1) is 11.3 Å². The summed E-state index contributed by atoms with van der Waals surface area (Å²) in [6.07, 6.45) is 0. The highest BCUT2D eigenvalue weighted by Gasteiger charge is 2.47. The first-order valence-electron chi connectivity index (χ1n) is 22.4. The van der Waals surface area contributed by atoms with Crippen LogP contribution in [0.1, 0.15) is 22.3 Å². The molecule has 1 heterocycles. The topological polar surface area (TPSA) is 3.24 Å². The summed E-state index contributed by atoms with van der Waals surface area (Å²) in [6.45, 7) is 0. The summed E-state index contributed by atoms with van der Waals surface area (Å²) >= 11 is 1.86. The molecule has 0 amide bonds. The van der Waals surface area contributed by atoms with Crippen molar-refractivity contribution in [3.63, 3.8) is 0 Å². The smallest absolute Gasteiger partial charge is 0.0714 e. The second kappa shape index (κ2) is 15.1. The van der Waals surface area contributed by atoms with Crippen LogP contribution in [0.25, 0.3) is 75.1 Å². The first-order chi connectivity index (χ1) is 32.2. The Morgan fingerprint density at radius 1 is 0.323 bits per heavy atom. The minimum atomic E-state index is -0.500. The van der Waals surface area contributed by atoms with Gasteiger partial charge in [0.25, 0.3) is 0 Å². The first-order valence-corrected chi connectivity index (χ1v) is 23.2. The van der Waals surface area contributed by atoms with E-state index in [9.17, 15) is 0 Å². The lowest BCUT2D eigenvalue weighted by atomic mass is 9.68. The van der Waals surface area contributed by atoms with Gasteiger partial charge in [-0.2, -0.15) is 0 Å². The maximum absolute atomic E-state index is 2.49. The second-order valence-corrected chi connectivity index (χ2v) is 18.3. The van der Waals surface area contributed by atoms with Crippen LogP contribution in [0.15, 0.2) is 249 Å². The second-order valence-electron chi connectivity index (χ2n) is 17.2. The van der Waals surface area contributed by atoms with Crippen LogP contribution in [-0.2, 0) is 5.41 Å². The van der Waals surface area contributed by atoms with E-state index in [1.165, 1.54) is 97.4 Å². The van der Waals surface area contributed by atoms with Crippen molar-refractivity contribution in [2.45, 2.75) is 5.41 Å². The molecule has 1 aromatic heterocycles. The Hall–Kier alpha value is -8.04. The van der Waals surface area contributed by atoms with Gasteiger partial charge in [0.05, 0.1) is 11.1 Å². The molecule has 0 N–H and O–H groups in total. The number of nitrogens with zero attached hydrogens (tertiary/aromatic N) is 1. The van der Waals surface area contributed by atoms with E-state index in [0.717, 1.165) is 17.1 Å². The maximum Gasteiger partial charge on any atom is 0.0714 e. The van der Waals surface area contributed by atoms with Crippen LogP contribution in [0.3, 0.4) is 0 Å².